The third-order valence-electron chi connectivity index (χ3n) is 3.64. The number of ether oxygens (including phenoxy) is 1. The van der Waals surface area contributed by atoms with Gasteiger partial charge in [-0.25, -0.2) is 0 Å². The fourth-order valence-electron chi connectivity index (χ4n) is 2.56. The predicted molar refractivity (Wildman–Crippen MR) is 78.1 cm³/mol. The molecule has 1 saturated heterocycles. The van der Waals surface area contributed by atoms with Gasteiger partial charge in [-0.2, -0.15) is 0 Å². The number of carbonyl (C=O) groups excluding carboxylic acids is 1. The number of hydrogen-bond donors (Lipinski definition) is 1. The average Bonchev–Trinajstić information content (AvgIpc) is 2.93. The molecular weight excluding hydrogens is 260 g/mol. The summed E-state index contributed by atoms with van der Waals surface area (Å²) in [4.78, 5) is 15.4. The Labute approximate surface area is 118 Å². The van der Waals surface area contributed by atoms with Crippen LogP contribution in [0.4, 0.5) is 0 Å². The van der Waals surface area contributed by atoms with Crippen molar-refractivity contribution in [3.8, 4) is 5.75 Å². The van der Waals surface area contributed by atoms with Crippen molar-refractivity contribution in [2.45, 2.75) is 31.7 Å². The van der Waals surface area contributed by atoms with E-state index in [1.165, 1.54) is 17.8 Å². The maximum Gasteiger partial charge on any atom is 0.264 e. The van der Waals surface area contributed by atoms with Crippen LogP contribution in [0.25, 0.3) is 0 Å². The van der Waals surface area contributed by atoms with Gasteiger partial charge in [0.15, 0.2) is 0 Å². The molecule has 1 fully saturated rings. The summed E-state index contributed by atoms with van der Waals surface area (Å²) in [7, 11) is 3.59. The molecule has 5 heteroatoms. The van der Waals surface area contributed by atoms with E-state index >= 15 is 0 Å². The largest absolute Gasteiger partial charge is 0.496 e. The Morgan fingerprint density at radius 1 is 1.58 bits per heavy atom. The van der Waals surface area contributed by atoms with Crippen LogP contribution in [0.15, 0.2) is 11.4 Å². The van der Waals surface area contributed by atoms with Gasteiger partial charge in [0, 0.05) is 24.0 Å². The second-order valence-electron chi connectivity index (χ2n) is 4.89. The maximum absolute atomic E-state index is 12.6. The first-order chi connectivity index (χ1) is 9.26. The Morgan fingerprint density at radius 3 is 3.11 bits per heavy atom. The van der Waals surface area contributed by atoms with E-state index in [1.54, 1.807) is 7.11 Å². The van der Waals surface area contributed by atoms with Crippen molar-refractivity contribution in [1.82, 2.24) is 10.2 Å². The Kier molecular flexibility index (Phi) is 5.22. The molecule has 1 aliphatic heterocycles. The Balaban J connectivity index is 2.06. The molecule has 1 aliphatic rings. The minimum Gasteiger partial charge on any atom is -0.496 e. The molecule has 0 saturated carbocycles. The zero-order chi connectivity index (χ0) is 13.7. The molecule has 1 aromatic rings. The number of nitrogens with one attached hydrogen (secondary N) is 1. The van der Waals surface area contributed by atoms with Gasteiger partial charge in [0.2, 0.25) is 0 Å². The lowest BCUT2D eigenvalue weighted by Crippen LogP contribution is -2.44. The number of rotatable bonds is 5. The summed E-state index contributed by atoms with van der Waals surface area (Å²) in [5.41, 5.74) is 0. The second kappa shape index (κ2) is 6.91. The molecular formula is C14H22N2O2S. The number of amides is 1. The number of nitrogens with zero attached hydrogens (tertiary/aromatic N) is 1. The summed E-state index contributed by atoms with van der Waals surface area (Å²) >= 11 is 1.47. The van der Waals surface area contributed by atoms with E-state index in [0.29, 0.717) is 6.04 Å². The van der Waals surface area contributed by atoms with Gasteiger partial charge < -0.3 is 15.0 Å². The number of hydrogen-bond acceptors (Lipinski definition) is 4. The van der Waals surface area contributed by atoms with E-state index < -0.39 is 0 Å². The first-order valence-electron chi connectivity index (χ1n) is 6.84. The van der Waals surface area contributed by atoms with Gasteiger partial charge in [-0.1, -0.05) is 0 Å². The molecule has 0 spiro atoms. The van der Waals surface area contributed by atoms with Gasteiger partial charge in [-0.3, -0.25) is 4.79 Å². The molecule has 1 amide bonds. The summed E-state index contributed by atoms with van der Waals surface area (Å²) < 4.78 is 5.15. The zero-order valence-electron chi connectivity index (χ0n) is 11.6. The van der Waals surface area contributed by atoms with Gasteiger partial charge >= 0.3 is 0 Å². The molecule has 1 aromatic heterocycles. The topological polar surface area (TPSA) is 41.6 Å². The van der Waals surface area contributed by atoms with Crippen LogP contribution in [0.2, 0.25) is 0 Å². The highest BCUT2D eigenvalue weighted by Gasteiger charge is 2.27. The molecule has 2 rings (SSSR count). The molecule has 0 aromatic carbocycles. The fraction of sp³-hybridized carbons (Fsp3) is 0.643. The van der Waals surface area contributed by atoms with Crippen LogP contribution in [-0.4, -0.2) is 44.1 Å². The van der Waals surface area contributed by atoms with Crippen LogP contribution < -0.4 is 10.1 Å². The molecule has 0 bridgehead atoms. The van der Waals surface area contributed by atoms with E-state index in [-0.39, 0.29) is 5.91 Å². The minimum atomic E-state index is 0.161. The van der Waals surface area contributed by atoms with Gasteiger partial charge in [0.05, 0.1) is 12.0 Å². The van der Waals surface area contributed by atoms with E-state index in [2.05, 4.69) is 5.32 Å². The minimum absolute atomic E-state index is 0.161. The molecule has 0 aliphatic carbocycles. The van der Waals surface area contributed by atoms with Crippen LogP contribution in [0.5, 0.6) is 5.75 Å². The smallest absolute Gasteiger partial charge is 0.264 e. The molecule has 19 heavy (non-hydrogen) atoms. The zero-order valence-corrected chi connectivity index (χ0v) is 12.5. The highest BCUT2D eigenvalue weighted by Crippen LogP contribution is 2.26. The van der Waals surface area contributed by atoms with Crippen LogP contribution in [0, 0.1) is 0 Å². The Hall–Kier alpha value is -1.07. The number of thiophene rings is 1. The lowest BCUT2D eigenvalue weighted by molar-refractivity contribution is 0.0607. The number of likely N-dealkylation sites (tertiary alicyclic amines) is 1. The van der Waals surface area contributed by atoms with Gasteiger partial charge in [0.25, 0.3) is 5.91 Å². The summed E-state index contributed by atoms with van der Waals surface area (Å²) in [5, 5.41) is 5.06. The second-order valence-corrected chi connectivity index (χ2v) is 5.80. The lowest BCUT2D eigenvalue weighted by Gasteiger charge is -2.35. The first-order valence-corrected chi connectivity index (χ1v) is 7.72. The molecule has 0 radical (unpaired) electrons. The van der Waals surface area contributed by atoms with Crippen LogP contribution in [0.1, 0.15) is 35.4 Å². The number of piperidine rings is 1. The van der Waals surface area contributed by atoms with E-state index in [1.807, 2.05) is 23.4 Å². The van der Waals surface area contributed by atoms with Gasteiger partial charge in [-0.05, 0) is 39.3 Å². The quantitative estimate of drug-likeness (QED) is 0.901. The highest BCUT2D eigenvalue weighted by molar-refractivity contribution is 7.12. The summed E-state index contributed by atoms with van der Waals surface area (Å²) in [6, 6.07) is 2.22. The summed E-state index contributed by atoms with van der Waals surface area (Å²) in [6.07, 6.45) is 4.50. The predicted octanol–water partition coefficient (Wildman–Crippen LogP) is 2.36. The monoisotopic (exact) mass is 282 g/mol. The lowest BCUT2D eigenvalue weighted by atomic mass is 9.99. The van der Waals surface area contributed by atoms with Gasteiger partial charge in [-0.15, -0.1) is 11.3 Å². The third kappa shape index (κ3) is 3.48. The number of methoxy groups -OCH3 is 1. The average molecular weight is 282 g/mol. The Morgan fingerprint density at radius 2 is 2.42 bits per heavy atom. The van der Waals surface area contributed by atoms with Crippen molar-refractivity contribution in [1.29, 1.82) is 0 Å². The third-order valence-corrected chi connectivity index (χ3v) is 4.53. The first kappa shape index (κ1) is 14.3. The molecule has 1 atom stereocenters. The summed E-state index contributed by atoms with van der Waals surface area (Å²) in [6.45, 7) is 1.84. The number of carbonyl (C=O) groups is 1. The van der Waals surface area contributed by atoms with Crippen molar-refractivity contribution < 1.29 is 9.53 Å². The fourth-order valence-corrected chi connectivity index (χ4v) is 3.37. The van der Waals surface area contributed by atoms with E-state index in [9.17, 15) is 4.79 Å². The Bertz CT molecular complexity index is 419. The molecule has 1 N–H and O–H groups in total. The van der Waals surface area contributed by atoms with Crippen molar-refractivity contribution in [3.63, 3.8) is 0 Å². The van der Waals surface area contributed by atoms with Crippen LogP contribution in [-0.2, 0) is 0 Å². The summed E-state index contributed by atoms with van der Waals surface area (Å²) in [5.74, 6) is 0.936. The maximum atomic E-state index is 12.6. The van der Waals surface area contributed by atoms with E-state index in [0.717, 1.165) is 43.0 Å². The van der Waals surface area contributed by atoms with Crippen LogP contribution in [0.3, 0.4) is 0 Å². The van der Waals surface area contributed by atoms with Crippen molar-refractivity contribution >= 4 is 17.2 Å². The molecule has 4 nitrogen and oxygen atoms in total. The van der Waals surface area contributed by atoms with Crippen LogP contribution >= 0.6 is 11.3 Å². The molecule has 1 unspecified atom stereocenters. The van der Waals surface area contributed by atoms with Crippen molar-refractivity contribution in [3.05, 3.63) is 16.3 Å². The molecule has 106 valence electrons. The standard InChI is InChI=1S/C14H22N2O2S/c1-15-7-6-11-5-3-4-8-16(11)14(17)13-9-12(18-2)10-19-13/h9-11,15H,3-8H2,1-2H3. The molecule has 2 heterocycles. The highest BCUT2D eigenvalue weighted by atomic mass is 32.1. The normalized spacial score (nSPS) is 19.5. The SMILES string of the molecule is CNCCC1CCCCN1C(=O)c1cc(OC)cs1. The van der Waals surface area contributed by atoms with Gasteiger partial charge in [0.1, 0.15) is 5.75 Å². The van der Waals surface area contributed by atoms with E-state index in [4.69, 9.17) is 4.74 Å². The van der Waals surface area contributed by atoms with Crippen molar-refractivity contribution in [2.75, 3.05) is 27.2 Å². The van der Waals surface area contributed by atoms with Crippen molar-refractivity contribution in [2.24, 2.45) is 0 Å².